The highest BCUT2D eigenvalue weighted by Gasteiger charge is 2.41. The van der Waals surface area contributed by atoms with Crippen LogP contribution in [0.2, 0.25) is 0 Å². The number of ether oxygens (including phenoxy) is 1. The van der Waals surface area contributed by atoms with Gasteiger partial charge in [0.05, 0.1) is 18.2 Å². The molecule has 0 spiro atoms. The second-order valence-electron chi connectivity index (χ2n) is 5.91. The molecule has 1 unspecified atom stereocenters. The fourth-order valence-corrected chi connectivity index (χ4v) is 4.46. The number of sulfonamides is 1. The molecule has 28 heavy (non-hydrogen) atoms. The smallest absolute Gasteiger partial charge is 0.292 e. The van der Waals surface area contributed by atoms with Crippen LogP contribution in [0.15, 0.2) is 45.9 Å². The molecule has 0 aliphatic carbocycles. The van der Waals surface area contributed by atoms with E-state index in [9.17, 15) is 18.0 Å². The Labute approximate surface area is 160 Å². The maximum absolute atomic E-state index is 13.0. The van der Waals surface area contributed by atoms with E-state index in [4.69, 9.17) is 14.5 Å². The van der Waals surface area contributed by atoms with Gasteiger partial charge in [0.15, 0.2) is 0 Å². The van der Waals surface area contributed by atoms with Crippen molar-refractivity contribution in [1.29, 1.82) is 0 Å². The first-order chi connectivity index (χ1) is 13.4. The number of carbonyl (C=O) groups is 2. The standard InChI is InChI=1S/C16H18N4O7S/c1-26-11-2-4-12(5-3-11)28(24,25)20-9-8-19(10-13(20)15(21)18-23)16(22)14-6-7-17-27-14/h2-7,13,23H,8-10H2,1H3,(H,18,21). The molecule has 2 amide bonds. The third-order valence-electron chi connectivity index (χ3n) is 4.35. The monoisotopic (exact) mass is 410 g/mol. The minimum atomic E-state index is -4.06. The summed E-state index contributed by atoms with van der Waals surface area (Å²) in [5, 5.41) is 12.5. The number of hydroxylamine groups is 1. The lowest BCUT2D eigenvalue weighted by Crippen LogP contribution is -2.61. The number of rotatable bonds is 5. The van der Waals surface area contributed by atoms with Gasteiger partial charge in [-0.25, -0.2) is 13.9 Å². The van der Waals surface area contributed by atoms with Crippen LogP contribution in [-0.4, -0.2) is 72.6 Å². The molecule has 1 aromatic carbocycles. The Morgan fingerprint density at radius 3 is 2.54 bits per heavy atom. The minimum absolute atomic E-state index is 0.0319. The van der Waals surface area contributed by atoms with Crippen LogP contribution in [0.4, 0.5) is 0 Å². The van der Waals surface area contributed by atoms with E-state index in [1.807, 2.05) is 0 Å². The van der Waals surface area contributed by atoms with Gasteiger partial charge in [0.2, 0.25) is 15.8 Å². The Morgan fingerprint density at radius 1 is 1.25 bits per heavy atom. The molecule has 1 fully saturated rings. The van der Waals surface area contributed by atoms with Gasteiger partial charge in [-0.1, -0.05) is 5.16 Å². The first-order valence-electron chi connectivity index (χ1n) is 8.18. The number of nitrogens with one attached hydrogen (secondary N) is 1. The molecule has 2 heterocycles. The number of aromatic nitrogens is 1. The molecule has 1 aliphatic rings. The van der Waals surface area contributed by atoms with E-state index in [0.717, 1.165) is 4.31 Å². The van der Waals surface area contributed by atoms with E-state index in [0.29, 0.717) is 5.75 Å². The third kappa shape index (κ3) is 3.69. The summed E-state index contributed by atoms with van der Waals surface area (Å²) in [5.41, 5.74) is 1.46. The van der Waals surface area contributed by atoms with Crippen LogP contribution >= 0.6 is 0 Å². The molecule has 11 nitrogen and oxygen atoms in total. The van der Waals surface area contributed by atoms with Gasteiger partial charge in [-0.3, -0.25) is 14.8 Å². The SMILES string of the molecule is COc1ccc(S(=O)(=O)N2CCN(C(=O)c3ccno3)CC2C(=O)NO)cc1. The summed E-state index contributed by atoms with van der Waals surface area (Å²) in [4.78, 5) is 25.8. The third-order valence-corrected chi connectivity index (χ3v) is 6.27. The molecular formula is C16H18N4O7S. The second kappa shape index (κ2) is 7.96. The Hall–Kier alpha value is -2.96. The normalized spacial score (nSPS) is 17.9. The molecule has 2 N–H and O–H groups in total. The van der Waals surface area contributed by atoms with Crippen molar-refractivity contribution < 1.29 is 32.5 Å². The number of hydrogen-bond donors (Lipinski definition) is 2. The first kappa shape index (κ1) is 19.8. The summed E-state index contributed by atoms with van der Waals surface area (Å²) in [6.07, 6.45) is 1.30. The number of methoxy groups -OCH3 is 1. The zero-order valence-electron chi connectivity index (χ0n) is 14.8. The van der Waals surface area contributed by atoms with Crippen molar-refractivity contribution in [1.82, 2.24) is 19.8 Å². The largest absolute Gasteiger partial charge is 0.497 e. The van der Waals surface area contributed by atoms with Gasteiger partial charge in [-0.2, -0.15) is 4.31 Å². The Bertz CT molecular complexity index is 944. The zero-order valence-corrected chi connectivity index (χ0v) is 15.6. The lowest BCUT2D eigenvalue weighted by Gasteiger charge is -2.38. The van der Waals surface area contributed by atoms with Crippen LogP contribution in [0.5, 0.6) is 5.75 Å². The summed E-state index contributed by atoms with van der Waals surface area (Å²) in [7, 11) is -2.61. The summed E-state index contributed by atoms with van der Waals surface area (Å²) in [6.45, 7) is -0.377. The van der Waals surface area contributed by atoms with Gasteiger partial charge in [-0.05, 0) is 24.3 Å². The maximum Gasteiger partial charge on any atom is 0.292 e. The topological polar surface area (TPSA) is 142 Å². The predicted molar refractivity (Wildman–Crippen MR) is 93.0 cm³/mol. The highest BCUT2D eigenvalue weighted by molar-refractivity contribution is 7.89. The number of benzene rings is 1. The first-order valence-corrected chi connectivity index (χ1v) is 9.62. The molecule has 1 aliphatic heterocycles. The molecule has 3 rings (SSSR count). The molecule has 0 bridgehead atoms. The van der Waals surface area contributed by atoms with Crippen LogP contribution < -0.4 is 10.2 Å². The van der Waals surface area contributed by atoms with Gasteiger partial charge in [0.25, 0.3) is 11.8 Å². The van der Waals surface area contributed by atoms with Gasteiger partial charge in [-0.15, -0.1) is 0 Å². The fourth-order valence-electron chi connectivity index (χ4n) is 2.89. The quantitative estimate of drug-likeness (QED) is 0.505. The second-order valence-corrected chi connectivity index (χ2v) is 7.80. The number of carbonyl (C=O) groups excluding carboxylic acids is 2. The van der Waals surface area contributed by atoms with Gasteiger partial charge < -0.3 is 14.2 Å². The zero-order chi connectivity index (χ0) is 20.3. The van der Waals surface area contributed by atoms with E-state index in [-0.39, 0.29) is 30.3 Å². The van der Waals surface area contributed by atoms with Gasteiger partial charge in [0.1, 0.15) is 11.8 Å². The molecule has 12 heteroatoms. The Kier molecular flexibility index (Phi) is 5.63. The highest BCUT2D eigenvalue weighted by atomic mass is 32.2. The number of nitrogens with zero attached hydrogens (tertiary/aromatic N) is 3. The summed E-state index contributed by atoms with van der Waals surface area (Å²) < 4.78 is 36.8. The highest BCUT2D eigenvalue weighted by Crippen LogP contribution is 2.24. The molecule has 2 aromatic rings. The van der Waals surface area contributed by atoms with Crippen LogP contribution in [0.25, 0.3) is 0 Å². The molecule has 0 saturated carbocycles. The van der Waals surface area contributed by atoms with Crippen molar-refractivity contribution in [3.8, 4) is 5.75 Å². The number of piperazine rings is 1. The van der Waals surface area contributed by atoms with Crippen molar-refractivity contribution in [2.24, 2.45) is 0 Å². The number of amides is 2. The van der Waals surface area contributed by atoms with Crippen LogP contribution in [0.1, 0.15) is 10.6 Å². The summed E-state index contributed by atoms with van der Waals surface area (Å²) in [6, 6.07) is 5.72. The maximum atomic E-state index is 13.0. The fraction of sp³-hybridized carbons (Fsp3) is 0.312. The average Bonchev–Trinajstić information content (AvgIpc) is 3.27. The van der Waals surface area contributed by atoms with Crippen LogP contribution in [0, 0.1) is 0 Å². The van der Waals surface area contributed by atoms with Crippen LogP contribution in [0.3, 0.4) is 0 Å². The number of hydrogen-bond acceptors (Lipinski definition) is 8. The van der Waals surface area contributed by atoms with E-state index in [2.05, 4.69) is 5.16 Å². The van der Waals surface area contributed by atoms with Crippen molar-refractivity contribution in [3.05, 3.63) is 42.3 Å². The Morgan fingerprint density at radius 2 is 1.96 bits per heavy atom. The summed E-state index contributed by atoms with van der Waals surface area (Å²) in [5.74, 6) is -1.04. The van der Waals surface area contributed by atoms with Gasteiger partial charge in [0, 0.05) is 25.7 Å². The molecule has 150 valence electrons. The van der Waals surface area contributed by atoms with Crippen molar-refractivity contribution in [2.45, 2.75) is 10.9 Å². The average molecular weight is 410 g/mol. The van der Waals surface area contributed by atoms with Crippen molar-refractivity contribution >= 4 is 21.8 Å². The van der Waals surface area contributed by atoms with Crippen molar-refractivity contribution in [2.75, 3.05) is 26.7 Å². The minimum Gasteiger partial charge on any atom is -0.497 e. The molecule has 1 atom stereocenters. The van der Waals surface area contributed by atoms with E-state index >= 15 is 0 Å². The molecular weight excluding hydrogens is 392 g/mol. The van der Waals surface area contributed by atoms with Crippen molar-refractivity contribution in [3.63, 3.8) is 0 Å². The van der Waals surface area contributed by atoms with E-state index in [1.54, 1.807) is 0 Å². The molecule has 0 radical (unpaired) electrons. The lowest BCUT2D eigenvalue weighted by atomic mass is 10.2. The molecule has 1 aromatic heterocycles. The van der Waals surface area contributed by atoms with Gasteiger partial charge >= 0.3 is 0 Å². The summed E-state index contributed by atoms with van der Waals surface area (Å²) >= 11 is 0. The Balaban J connectivity index is 1.87. The lowest BCUT2D eigenvalue weighted by molar-refractivity contribution is -0.134. The van der Waals surface area contributed by atoms with Crippen LogP contribution in [-0.2, 0) is 14.8 Å². The molecule has 1 saturated heterocycles. The van der Waals surface area contributed by atoms with E-state index in [1.165, 1.54) is 54.0 Å². The van der Waals surface area contributed by atoms with E-state index < -0.39 is 27.9 Å². The predicted octanol–water partition coefficient (Wildman–Crippen LogP) is -0.296.